The lowest BCUT2D eigenvalue weighted by Gasteiger charge is -2.20. The lowest BCUT2D eigenvalue weighted by atomic mass is 10.0. The summed E-state index contributed by atoms with van der Waals surface area (Å²) in [6.45, 7) is 4.34. The predicted octanol–water partition coefficient (Wildman–Crippen LogP) is 3.78. The molecule has 17 heavy (non-hydrogen) atoms. The molecular weight excluding hydrogens is 234 g/mol. The quantitative estimate of drug-likeness (QED) is 0.759. The average molecular weight is 252 g/mol. The maximum absolute atomic E-state index is 11.1. The fourth-order valence-corrected chi connectivity index (χ4v) is 2.78. The van der Waals surface area contributed by atoms with E-state index in [4.69, 9.17) is 11.6 Å². The Hall–Kier alpha value is -1.02. The summed E-state index contributed by atoms with van der Waals surface area (Å²) in [5.74, 6) is 0.773. The first kappa shape index (κ1) is 12.4. The largest absolute Gasteiger partial charge is 0.371 e. The average Bonchev–Trinajstić information content (AvgIpc) is 2.78. The first-order valence-corrected chi connectivity index (χ1v) is 6.62. The number of benzene rings is 1. The van der Waals surface area contributed by atoms with Crippen LogP contribution in [0, 0.1) is 5.92 Å². The van der Waals surface area contributed by atoms with Crippen LogP contribution in [0.2, 0.25) is 5.02 Å². The van der Waals surface area contributed by atoms with Gasteiger partial charge in [-0.3, -0.25) is 4.79 Å². The van der Waals surface area contributed by atoms with Crippen molar-refractivity contribution in [3.05, 3.63) is 28.8 Å². The third kappa shape index (κ3) is 2.81. The smallest absolute Gasteiger partial charge is 0.152 e. The van der Waals surface area contributed by atoms with Crippen molar-refractivity contribution >= 4 is 23.6 Å². The van der Waals surface area contributed by atoms with Crippen LogP contribution in [0.5, 0.6) is 0 Å². The summed E-state index contributed by atoms with van der Waals surface area (Å²) in [5.41, 5.74) is 1.73. The molecular formula is C14H18ClNO. The van der Waals surface area contributed by atoms with E-state index in [0.29, 0.717) is 10.6 Å². The number of hydrogen-bond acceptors (Lipinski definition) is 2. The molecule has 1 aliphatic rings. The van der Waals surface area contributed by atoms with Gasteiger partial charge in [-0.25, -0.2) is 0 Å². The molecule has 0 radical (unpaired) electrons. The summed E-state index contributed by atoms with van der Waals surface area (Å²) in [5, 5.41) is 0.625. The van der Waals surface area contributed by atoms with E-state index in [1.807, 2.05) is 12.1 Å². The molecule has 0 saturated carbocycles. The third-order valence-electron chi connectivity index (χ3n) is 3.44. The predicted molar refractivity (Wildman–Crippen MR) is 72.1 cm³/mol. The van der Waals surface area contributed by atoms with Crippen LogP contribution in [-0.4, -0.2) is 19.4 Å². The molecule has 1 saturated heterocycles. The van der Waals surface area contributed by atoms with Gasteiger partial charge in [0, 0.05) is 29.4 Å². The molecule has 1 fully saturated rings. The van der Waals surface area contributed by atoms with Crippen molar-refractivity contribution in [3.63, 3.8) is 0 Å². The zero-order valence-electron chi connectivity index (χ0n) is 10.2. The zero-order chi connectivity index (χ0) is 12.3. The van der Waals surface area contributed by atoms with Crippen molar-refractivity contribution in [1.82, 2.24) is 0 Å². The third-order valence-corrected chi connectivity index (χ3v) is 3.68. The van der Waals surface area contributed by atoms with Crippen molar-refractivity contribution in [2.24, 2.45) is 5.92 Å². The highest BCUT2D eigenvalue weighted by molar-refractivity contribution is 6.31. The molecule has 1 heterocycles. The number of anilines is 1. The van der Waals surface area contributed by atoms with Gasteiger partial charge in [0.2, 0.25) is 0 Å². The molecule has 0 aliphatic carbocycles. The van der Waals surface area contributed by atoms with Crippen LogP contribution in [0.4, 0.5) is 5.69 Å². The summed E-state index contributed by atoms with van der Waals surface area (Å²) >= 11 is 5.90. The maximum atomic E-state index is 11.1. The number of carbonyl (C=O) groups is 1. The number of carbonyl (C=O) groups excluding carboxylic acids is 1. The van der Waals surface area contributed by atoms with Gasteiger partial charge in [-0.1, -0.05) is 24.9 Å². The summed E-state index contributed by atoms with van der Waals surface area (Å²) in [4.78, 5) is 13.4. The molecule has 0 aromatic heterocycles. The minimum absolute atomic E-state index is 0.625. The Kier molecular flexibility index (Phi) is 4.06. The van der Waals surface area contributed by atoms with Gasteiger partial charge in [0.15, 0.2) is 6.29 Å². The van der Waals surface area contributed by atoms with Crippen LogP contribution >= 0.6 is 11.6 Å². The number of rotatable bonds is 4. The Morgan fingerprint density at radius 2 is 2.35 bits per heavy atom. The van der Waals surface area contributed by atoms with Crippen molar-refractivity contribution in [1.29, 1.82) is 0 Å². The number of aldehydes is 1. The van der Waals surface area contributed by atoms with Crippen molar-refractivity contribution < 1.29 is 4.79 Å². The second-order valence-corrected chi connectivity index (χ2v) is 5.15. The minimum atomic E-state index is 0.625. The van der Waals surface area contributed by atoms with Crippen LogP contribution in [0.3, 0.4) is 0 Å². The normalized spacial score (nSPS) is 19.6. The number of nitrogens with zero attached hydrogens (tertiary/aromatic N) is 1. The van der Waals surface area contributed by atoms with Gasteiger partial charge in [-0.15, -0.1) is 0 Å². The van der Waals surface area contributed by atoms with Gasteiger partial charge in [-0.05, 0) is 37.0 Å². The molecule has 1 unspecified atom stereocenters. The molecule has 1 aromatic rings. The van der Waals surface area contributed by atoms with Crippen LogP contribution in [0.15, 0.2) is 18.2 Å². The first-order chi connectivity index (χ1) is 8.24. The van der Waals surface area contributed by atoms with Crippen molar-refractivity contribution in [3.8, 4) is 0 Å². The molecule has 1 aliphatic heterocycles. The second-order valence-electron chi connectivity index (χ2n) is 4.71. The van der Waals surface area contributed by atoms with E-state index in [9.17, 15) is 4.79 Å². The summed E-state index contributed by atoms with van der Waals surface area (Å²) in [6, 6.07) is 5.56. The molecule has 0 amide bonds. The van der Waals surface area contributed by atoms with Crippen LogP contribution in [0.1, 0.15) is 36.5 Å². The SMILES string of the molecule is CCCC1CCN(c2ccc(Cl)cc2C=O)C1. The van der Waals surface area contributed by atoms with Gasteiger partial charge in [0.05, 0.1) is 0 Å². The molecule has 92 valence electrons. The highest BCUT2D eigenvalue weighted by Crippen LogP contribution is 2.29. The second kappa shape index (κ2) is 5.54. The van der Waals surface area contributed by atoms with Crippen molar-refractivity contribution in [2.45, 2.75) is 26.2 Å². The summed E-state index contributed by atoms with van der Waals surface area (Å²) < 4.78 is 0. The standard InChI is InChI=1S/C14H18ClNO/c1-2-3-11-6-7-16(9-11)14-5-4-13(15)8-12(14)10-17/h4-5,8,10-11H,2-3,6-7,9H2,1H3. The van der Waals surface area contributed by atoms with Crippen LogP contribution in [0.25, 0.3) is 0 Å². The molecule has 2 rings (SSSR count). The van der Waals surface area contributed by atoms with Crippen molar-refractivity contribution in [2.75, 3.05) is 18.0 Å². The highest BCUT2D eigenvalue weighted by atomic mass is 35.5. The minimum Gasteiger partial charge on any atom is -0.371 e. The fraction of sp³-hybridized carbons (Fsp3) is 0.500. The fourth-order valence-electron chi connectivity index (χ4n) is 2.60. The summed E-state index contributed by atoms with van der Waals surface area (Å²) in [7, 11) is 0. The van der Waals surface area contributed by atoms with Gasteiger partial charge in [-0.2, -0.15) is 0 Å². The number of hydrogen-bond donors (Lipinski definition) is 0. The Morgan fingerprint density at radius 1 is 1.53 bits per heavy atom. The number of halogens is 1. The van der Waals surface area contributed by atoms with Gasteiger partial charge >= 0.3 is 0 Å². The van der Waals surface area contributed by atoms with Gasteiger partial charge in [0.25, 0.3) is 0 Å². The molecule has 1 aromatic carbocycles. The van der Waals surface area contributed by atoms with E-state index in [-0.39, 0.29) is 0 Å². The van der Waals surface area contributed by atoms with E-state index in [0.717, 1.165) is 31.0 Å². The molecule has 0 bridgehead atoms. The lowest BCUT2D eigenvalue weighted by molar-refractivity contribution is 0.112. The summed E-state index contributed by atoms with van der Waals surface area (Å²) in [6.07, 6.45) is 4.64. The topological polar surface area (TPSA) is 20.3 Å². The molecule has 2 nitrogen and oxygen atoms in total. The zero-order valence-corrected chi connectivity index (χ0v) is 10.9. The Bertz CT molecular complexity index is 405. The molecule has 0 N–H and O–H groups in total. The maximum Gasteiger partial charge on any atom is 0.152 e. The van der Waals surface area contributed by atoms with E-state index >= 15 is 0 Å². The van der Waals surface area contributed by atoms with E-state index < -0.39 is 0 Å². The Labute approximate surface area is 108 Å². The first-order valence-electron chi connectivity index (χ1n) is 6.24. The molecule has 3 heteroatoms. The van der Waals surface area contributed by atoms with Gasteiger partial charge in [0.1, 0.15) is 0 Å². The Morgan fingerprint density at radius 3 is 3.06 bits per heavy atom. The van der Waals surface area contributed by atoms with E-state index in [2.05, 4.69) is 11.8 Å². The molecule has 1 atom stereocenters. The van der Waals surface area contributed by atoms with E-state index in [1.54, 1.807) is 6.07 Å². The van der Waals surface area contributed by atoms with Crippen LogP contribution < -0.4 is 4.90 Å². The van der Waals surface area contributed by atoms with Crippen LogP contribution in [-0.2, 0) is 0 Å². The Balaban J connectivity index is 2.15. The highest BCUT2D eigenvalue weighted by Gasteiger charge is 2.23. The monoisotopic (exact) mass is 251 g/mol. The van der Waals surface area contributed by atoms with Gasteiger partial charge < -0.3 is 4.90 Å². The lowest BCUT2D eigenvalue weighted by Crippen LogP contribution is -2.20. The van der Waals surface area contributed by atoms with E-state index in [1.165, 1.54) is 19.3 Å². The molecule has 0 spiro atoms.